The Kier molecular flexibility index (Phi) is 9.15. The van der Waals surface area contributed by atoms with Crippen LogP contribution in [-0.2, 0) is 33.5 Å². The number of benzene rings is 7. The van der Waals surface area contributed by atoms with Crippen LogP contribution < -0.4 is 20.8 Å². The van der Waals surface area contributed by atoms with Gasteiger partial charge in [-0.3, -0.25) is 0 Å². The van der Waals surface area contributed by atoms with Gasteiger partial charge in [0.15, 0.2) is 0 Å². The van der Waals surface area contributed by atoms with Gasteiger partial charge in [-0.25, -0.2) is 0 Å². The average molecular weight is 917 g/mol. The molecule has 5 aliphatic rings. The fourth-order valence-corrected chi connectivity index (χ4v) is 14.2. The Bertz CT molecular complexity index is 3540. The predicted molar refractivity (Wildman–Crippen MR) is 299 cm³/mol. The molecule has 0 amide bonds. The first kappa shape index (κ1) is 44.0. The summed E-state index contributed by atoms with van der Waals surface area (Å²) in [6.07, 6.45) is 8.10. The van der Waals surface area contributed by atoms with Gasteiger partial charge < -0.3 is 14.1 Å². The standard InChI is InChI=1S/C66H69BN2O/c1-13-14-19-40-24-26-43(27-25-40)69-55-34-42-21-16-15-20-41(42)33-45(55)47-35-46-44-22-17-18-23-49(44)66(11,12)57(46)60-58(47)67(69)61-59(48-36-51-53(38-56(48)70-61)65(9,10)31-29-63(51,5)6)68(60)54-37-52-50(32-39(54)2)62(3,4)28-30-64(52,7)8/h15-18,20-27,32-38H,13-14,19,28-31H2,1-12H3. The van der Waals surface area contributed by atoms with Gasteiger partial charge in [0.2, 0.25) is 0 Å². The van der Waals surface area contributed by atoms with Gasteiger partial charge in [0.1, 0.15) is 11.2 Å². The number of hydrogen-bond donors (Lipinski definition) is 0. The molecule has 0 saturated carbocycles. The number of nitrogens with zero attached hydrogens (tertiary/aromatic N) is 2. The van der Waals surface area contributed by atoms with Crippen molar-refractivity contribution in [3.8, 4) is 22.3 Å². The minimum absolute atomic E-state index is 0.0202. The first-order valence-corrected chi connectivity index (χ1v) is 26.6. The summed E-state index contributed by atoms with van der Waals surface area (Å²) >= 11 is 0. The van der Waals surface area contributed by atoms with Crippen molar-refractivity contribution < 1.29 is 4.42 Å². The molecule has 0 N–H and O–H groups in total. The van der Waals surface area contributed by atoms with Crippen LogP contribution in [0.3, 0.4) is 0 Å². The second-order valence-electron chi connectivity index (χ2n) is 25.3. The highest BCUT2D eigenvalue weighted by molar-refractivity contribution is 6.93. The summed E-state index contributed by atoms with van der Waals surface area (Å²) in [5.41, 5.74) is 26.1. The molecule has 0 fully saturated rings. The number of furan rings is 1. The molecule has 1 aromatic heterocycles. The van der Waals surface area contributed by atoms with E-state index in [1.807, 2.05) is 0 Å². The molecule has 352 valence electrons. The summed E-state index contributed by atoms with van der Waals surface area (Å²) in [7, 11) is 0. The lowest BCUT2D eigenvalue weighted by molar-refractivity contribution is 0.332. The predicted octanol–water partition coefficient (Wildman–Crippen LogP) is 16.9. The summed E-state index contributed by atoms with van der Waals surface area (Å²) in [4.78, 5) is 5.44. The highest BCUT2D eigenvalue weighted by Crippen LogP contribution is 2.60. The Morgan fingerprint density at radius 3 is 1.81 bits per heavy atom. The molecule has 2 aliphatic heterocycles. The zero-order valence-electron chi connectivity index (χ0n) is 43.8. The lowest BCUT2D eigenvalue weighted by atomic mass is 9.45. The van der Waals surface area contributed by atoms with Gasteiger partial charge in [-0.1, -0.05) is 149 Å². The second kappa shape index (κ2) is 14.6. The first-order chi connectivity index (χ1) is 33.3. The van der Waals surface area contributed by atoms with E-state index in [-0.39, 0.29) is 33.9 Å². The number of hydrogen-bond acceptors (Lipinski definition) is 3. The summed E-state index contributed by atoms with van der Waals surface area (Å²) in [5, 5.41) is 3.72. The van der Waals surface area contributed by atoms with Gasteiger partial charge in [-0.2, -0.15) is 0 Å². The third-order valence-corrected chi connectivity index (χ3v) is 18.6. The van der Waals surface area contributed by atoms with Gasteiger partial charge in [0.05, 0.1) is 5.69 Å². The van der Waals surface area contributed by atoms with Crippen molar-refractivity contribution >= 4 is 68.1 Å². The molecule has 0 bridgehead atoms. The molecule has 3 nitrogen and oxygen atoms in total. The molecule has 3 aliphatic carbocycles. The average Bonchev–Trinajstić information content (AvgIpc) is 3.82. The van der Waals surface area contributed by atoms with Crippen LogP contribution in [0.4, 0.5) is 28.4 Å². The van der Waals surface area contributed by atoms with Crippen LogP contribution in [0.2, 0.25) is 0 Å². The Labute approximate surface area is 417 Å². The quantitative estimate of drug-likeness (QED) is 0.160. The van der Waals surface area contributed by atoms with Crippen LogP contribution in [0.1, 0.15) is 159 Å². The molecule has 13 rings (SSSR count). The molecule has 3 heterocycles. The fourth-order valence-electron chi connectivity index (χ4n) is 14.2. The Hall–Kier alpha value is -6.00. The molecule has 0 spiro atoms. The highest BCUT2D eigenvalue weighted by Gasteiger charge is 2.53. The van der Waals surface area contributed by atoms with Crippen molar-refractivity contribution in [1.82, 2.24) is 0 Å². The van der Waals surface area contributed by atoms with Crippen LogP contribution in [0.15, 0.2) is 120 Å². The van der Waals surface area contributed by atoms with Gasteiger partial charge >= 0.3 is 6.85 Å². The molecule has 4 heteroatoms. The van der Waals surface area contributed by atoms with Crippen LogP contribution in [0.5, 0.6) is 0 Å². The number of aryl methyl sites for hydroxylation is 2. The molecule has 0 unspecified atom stereocenters. The second-order valence-corrected chi connectivity index (χ2v) is 25.3. The van der Waals surface area contributed by atoms with Crippen molar-refractivity contribution in [2.75, 3.05) is 9.71 Å². The van der Waals surface area contributed by atoms with E-state index in [0.717, 1.165) is 36.9 Å². The van der Waals surface area contributed by atoms with E-state index in [1.165, 1.54) is 136 Å². The molecule has 8 aromatic rings. The van der Waals surface area contributed by atoms with E-state index in [2.05, 4.69) is 208 Å². The maximum absolute atomic E-state index is 7.83. The van der Waals surface area contributed by atoms with E-state index in [0.29, 0.717) is 0 Å². The summed E-state index contributed by atoms with van der Waals surface area (Å²) in [5.74, 6) is 0. The lowest BCUT2D eigenvalue weighted by Crippen LogP contribution is -2.61. The molecule has 0 atom stereocenters. The van der Waals surface area contributed by atoms with Crippen LogP contribution in [0, 0.1) is 6.92 Å². The summed E-state index contributed by atoms with van der Waals surface area (Å²) < 4.78 is 7.83. The van der Waals surface area contributed by atoms with Crippen LogP contribution in [0.25, 0.3) is 44.0 Å². The zero-order chi connectivity index (χ0) is 48.6. The van der Waals surface area contributed by atoms with Gasteiger partial charge in [-0.15, -0.1) is 0 Å². The highest BCUT2D eigenvalue weighted by atomic mass is 16.3. The third-order valence-electron chi connectivity index (χ3n) is 18.6. The number of fused-ring (bicyclic) bond motifs is 13. The first-order valence-electron chi connectivity index (χ1n) is 26.6. The van der Waals surface area contributed by atoms with E-state index < -0.39 is 0 Å². The number of unbranched alkanes of at least 4 members (excludes halogenated alkanes) is 1. The molecular weight excluding hydrogens is 848 g/mol. The molecule has 0 saturated heterocycles. The van der Waals surface area contributed by atoms with Crippen molar-refractivity contribution in [2.45, 2.75) is 155 Å². The summed E-state index contributed by atoms with van der Waals surface area (Å²) in [6.45, 7) is 29.1. The van der Waals surface area contributed by atoms with Gasteiger partial charge in [-0.05, 0) is 193 Å². The normalized spacial score (nSPS) is 19.0. The Morgan fingerprint density at radius 2 is 1.14 bits per heavy atom. The van der Waals surface area contributed by atoms with Crippen molar-refractivity contribution in [2.24, 2.45) is 0 Å². The SMILES string of the molecule is CCCCc1ccc(N2B3c4oc5cc6c(cc5c4N(c4cc5c(cc4C)C(C)(C)CCC5(C)C)c4c3c(cc3c4C(C)(C)c4ccccc4-3)-c3cc4ccccc4cc32)C(C)(C)CCC6(C)C)cc1. The van der Waals surface area contributed by atoms with Crippen molar-refractivity contribution in [3.63, 3.8) is 0 Å². The topological polar surface area (TPSA) is 19.6 Å². The monoisotopic (exact) mass is 917 g/mol. The Balaban J connectivity index is 1.23. The molecule has 70 heavy (non-hydrogen) atoms. The van der Waals surface area contributed by atoms with Crippen molar-refractivity contribution in [1.29, 1.82) is 0 Å². The smallest absolute Gasteiger partial charge is 0.375 e. The largest absolute Gasteiger partial charge is 0.466 e. The minimum atomic E-state index is -0.292. The van der Waals surface area contributed by atoms with Gasteiger partial charge in [0.25, 0.3) is 0 Å². The third kappa shape index (κ3) is 6.01. The molecule has 7 aromatic carbocycles. The van der Waals surface area contributed by atoms with E-state index in [1.54, 1.807) is 0 Å². The lowest BCUT2D eigenvalue weighted by Gasteiger charge is -2.47. The molecular formula is C66H69BN2O. The van der Waals surface area contributed by atoms with Crippen LogP contribution >= 0.6 is 0 Å². The van der Waals surface area contributed by atoms with Crippen LogP contribution in [-0.4, -0.2) is 6.85 Å². The van der Waals surface area contributed by atoms with E-state index in [9.17, 15) is 0 Å². The maximum atomic E-state index is 7.83. The van der Waals surface area contributed by atoms with E-state index >= 15 is 0 Å². The minimum Gasteiger partial charge on any atom is -0.466 e. The van der Waals surface area contributed by atoms with Gasteiger partial charge in [0, 0.05) is 39.1 Å². The Morgan fingerprint density at radius 1 is 0.543 bits per heavy atom. The van der Waals surface area contributed by atoms with Crippen molar-refractivity contribution in [3.05, 3.63) is 160 Å². The van der Waals surface area contributed by atoms with E-state index in [4.69, 9.17) is 4.42 Å². The molecule has 0 radical (unpaired) electrons. The number of anilines is 5. The maximum Gasteiger partial charge on any atom is 0.375 e. The zero-order valence-corrected chi connectivity index (χ0v) is 43.8. The fraction of sp³-hybridized carbons (Fsp3) is 0.364. The number of rotatable bonds is 5. The summed E-state index contributed by atoms with van der Waals surface area (Å²) in [6, 6.07) is 45.6.